The summed E-state index contributed by atoms with van der Waals surface area (Å²) in [4.78, 5) is 2.21. The molecule has 0 radical (unpaired) electrons. The van der Waals surface area contributed by atoms with Crippen molar-refractivity contribution in [3.8, 4) is 5.75 Å². The number of fused-ring (bicyclic) bond motifs is 1. The van der Waals surface area contributed by atoms with Crippen molar-refractivity contribution in [3.05, 3.63) is 42.0 Å². The average Bonchev–Trinajstić information content (AvgIpc) is 2.42. The Kier molecular flexibility index (Phi) is 4.77. The lowest BCUT2D eigenvalue weighted by Crippen LogP contribution is -2.20. The molecule has 0 aliphatic carbocycles. The largest absolute Gasteiger partial charge is 0.508 e. The van der Waals surface area contributed by atoms with Crippen molar-refractivity contribution < 1.29 is 9.84 Å². The third-order valence-corrected chi connectivity index (χ3v) is 3.33. The van der Waals surface area contributed by atoms with Crippen LogP contribution in [0, 0.1) is 0 Å². The zero-order valence-electron chi connectivity index (χ0n) is 11.6. The Morgan fingerprint density at radius 1 is 1.16 bits per heavy atom. The van der Waals surface area contributed by atoms with Crippen LogP contribution in [0.25, 0.3) is 10.8 Å². The highest BCUT2D eigenvalue weighted by Gasteiger charge is 2.09. The molecule has 2 aromatic rings. The second-order valence-electron chi connectivity index (χ2n) is 4.87. The van der Waals surface area contributed by atoms with Gasteiger partial charge in [0.15, 0.2) is 0 Å². The molecular weight excluding hydrogens is 238 g/mol. The van der Waals surface area contributed by atoms with E-state index in [-0.39, 0.29) is 0 Å². The summed E-state index contributed by atoms with van der Waals surface area (Å²) in [6.45, 7) is 2.47. The van der Waals surface area contributed by atoms with Gasteiger partial charge in [-0.25, -0.2) is 0 Å². The number of nitrogens with zero attached hydrogens (tertiary/aromatic N) is 1. The third-order valence-electron chi connectivity index (χ3n) is 3.33. The first-order valence-electron chi connectivity index (χ1n) is 6.59. The monoisotopic (exact) mass is 259 g/mol. The standard InChI is InChI=1S/C16H21NO2/c1-17(10-5-11-19-2)12-15-14-7-4-3-6-13(14)8-9-16(15)18/h3-4,6-9,18H,5,10-12H2,1-2H3. The van der Waals surface area contributed by atoms with Crippen LogP contribution in [0.15, 0.2) is 36.4 Å². The van der Waals surface area contributed by atoms with Gasteiger partial charge in [-0.05, 0) is 30.3 Å². The number of ether oxygens (including phenoxy) is 1. The van der Waals surface area contributed by atoms with Crippen LogP contribution in [0.1, 0.15) is 12.0 Å². The fourth-order valence-corrected chi connectivity index (χ4v) is 2.32. The summed E-state index contributed by atoms with van der Waals surface area (Å²) in [6.07, 6.45) is 0.999. The van der Waals surface area contributed by atoms with Crippen LogP contribution in [0.3, 0.4) is 0 Å². The van der Waals surface area contributed by atoms with Gasteiger partial charge in [0.2, 0.25) is 0 Å². The van der Waals surface area contributed by atoms with Crippen LogP contribution < -0.4 is 0 Å². The minimum Gasteiger partial charge on any atom is -0.508 e. The highest BCUT2D eigenvalue weighted by molar-refractivity contribution is 5.87. The number of hydrogen-bond donors (Lipinski definition) is 1. The summed E-state index contributed by atoms with van der Waals surface area (Å²) in [6, 6.07) is 11.9. The Balaban J connectivity index is 2.17. The molecule has 0 aliphatic rings. The van der Waals surface area contributed by atoms with E-state index in [9.17, 15) is 5.11 Å². The lowest BCUT2D eigenvalue weighted by atomic mass is 10.0. The topological polar surface area (TPSA) is 32.7 Å². The molecule has 0 amide bonds. The molecule has 0 atom stereocenters. The number of hydrogen-bond acceptors (Lipinski definition) is 3. The van der Waals surface area contributed by atoms with E-state index in [1.807, 2.05) is 18.2 Å². The second-order valence-corrected chi connectivity index (χ2v) is 4.87. The number of methoxy groups -OCH3 is 1. The van der Waals surface area contributed by atoms with Gasteiger partial charge in [-0.1, -0.05) is 30.3 Å². The van der Waals surface area contributed by atoms with Gasteiger partial charge in [0.05, 0.1) is 0 Å². The van der Waals surface area contributed by atoms with Crippen LogP contribution >= 0.6 is 0 Å². The molecule has 0 fully saturated rings. The number of benzene rings is 2. The summed E-state index contributed by atoms with van der Waals surface area (Å²) in [5.41, 5.74) is 0.998. The van der Waals surface area contributed by atoms with Crippen LogP contribution in [-0.4, -0.2) is 37.3 Å². The van der Waals surface area contributed by atoms with Gasteiger partial charge in [0, 0.05) is 32.4 Å². The maximum absolute atomic E-state index is 10.1. The predicted octanol–water partition coefficient (Wildman–Crippen LogP) is 3.01. The predicted molar refractivity (Wildman–Crippen MR) is 78.4 cm³/mol. The molecule has 19 heavy (non-hydrogen) atoms. The van der Waals surface area contributed by atoms with Crippen molar-refractivity contribution in [1.29, 1.82) is 0 Å². The van der Waals surface area contributed by atoms with E-state index in [1.54, 1.807) is 13.2 Å². The van der Waals surface area contributed by atoms with E-state index in [0.29, 0.717) is 5.75 Å². The van der Waals surface area contributed by atoms with E-state index in [1.165, 1.54) is 5.39 Å². The van der Waals surface area contributed by atoms with E-state index < -0.39 is 0 Å². The van der Waals surface area contributed by atoms with Crippen LogP contribution in [0.5, 0.6) is 5.75 Å². The average molecular weight is 259 g/mol. The summed E-state index contributed by atoms with van der Waals surface area (Å²) in [7, 11) is 3.79. The van der Waals surface area contributed by atoms with E-state index >= 15 is 0 Å². The molecule has 102 valence electrons. The molecule has 0 bridgehead atoms. The van der Waals surface area contributed by atoms with Gasteiger partial charge in [0.25, 0.3) is 0 Å². The number of phenolic OH excluding ortho intramolecular Hbond substituents is 1. The Hall–Kier alpha value is -1.58. The maximum Gasteiger partial charge on any atom is 0.120 e. The van der Waals surface area contributed by atoms with E-state index in [0.717, 1.165) is 37.1 Å². The highest BCUT2D eigenvalue weighted by atomic mass is 16.5. The zero-order valence-corrected chi connectivity index (χ0v) is 11.6. The molecule has 3 nitrogen and oxygen atoms in total. The molecule has 2 aromatic carbocycles. The molecule has 1 N–H and O–H groups in total. The van der Waals surface area contributed by atoms with Crippen LogP contribution in [0.2, 0.25) is 0 Å². The normalized spacial score (nSPS) is 11.3. The Labute approximate surface area is 114 Å². The van der Waals surface area contributed by atoms with Crippen molar-refractivity contribution in [2.75, 3.05) is 27.3 Å². The van der Waals surface area contributed by atoms with Crippen molar-refractivity contribution in [2.24, 2.45) is 0 Å². The fraction of sp³-hybridized carbons (Fsp3) is 0.375. The Bertz CT molecular complexity index is 539. The summed E-state index contributed by atoms with van der Waals surface area (Å²) < 4.78 is 5.06. The summed E-state index contributed by atoms with van der Waals surface area (Å²) in [5.74, 6) is 0.372. The first kappa shape index (κ1) is 13.8. The third kappa shape index (κ3) is 3.46. The molecule has 3 heteroatoms. The second kappa shape index (κ2) is 6.55. The van der Waals surface area contributed by atoms with Crippen LogP contribution in [0.4, 0.5) is 0 Å². The van der Waals surface area contributed by atoms with E-state index in [2.05, 4.69) is 24.1 Å². The highest BCUT2D eigenvalue weighted by Crippen LogP contribution is 2.27. The number of rotatable bonds is 6. The van der Waals surface area contributed by atoms with Crippen molar-refractivity contribution >= 4 is 10.8 Å². The zero-order chi connectivity index (χ0) is 13.7. The summed E-state index contributed by atoms with van der Waals surface area (Å²) in [5, 5.41) is 12.4. The van der Waals surface area contributed by atoms with Gasteiger partial charge in [-0.3, -0.25) is 0 Å². The Morgan fingerprint density at radius 2 is 1.95 bits per heavy atom. The minimum atomic E-state index is 0.372. The molecule has 2 rings (SSSR count). The van der Waals surface area contributed by atoms with Crippen molar-refractivity contribution in [1.82, 2.24) is 4.90 Å². The van der Waals surface area contributed by atoms with E-state index in [4.69, 9.17) is 4.74 Å². The first-order chi connectivity index (χ1) is 9.22. The van der Waals surface area contributed by atoms with Crippen molar-refractivity contribution in [2.45, 2.75) is 13.0 Å². The smallest absolute Gasteiger partial charge is 0.120 e. The molecule has 0 unspecified atom stereocenters. The molecule has 0 aliphatic heterocycles. The molecule has 0 saturated carbocycles. The van der Waals surface area contributed by atoms with Gasteiger partial charge in [-0.2, -0.15) is 0 Å². The molecular formula is C16H21NO2. The maximum atomic E-state index is 10.1. The molecule has 0 spiro atoms. The number of aromatic hydroxyl groups is 1. The summed E-state index contributed by atoms with van der Waals surface area (Å²) >= 11 is 0. The minimum absolute atomic E-state index is 0.372. The van der Waals surface area contributed by atoms with Gasteiger partial charge in [-0.15, -0.1) is 0 Å². The van der Waals surface area contributed by atoms with Crippen LogP contribution in [-0.2, 0) is 11.3 Å². The Morgan fingerprint density at radius 3 is 2.74 bits per heavy atom. The SMILES string of the molecule is COCCCN(C)Cc1c(O)ccc2ccccc12. The lowest BCUT2D eigenvalue weighted by Gasteiger charge is -2.18. The van der Waals surface area contributed by atoms with Gasteiger partial charge in [0.1, 0.15) is 5.75 Å². The van der Waals surface area contributed by atoms with Crippen molar-refractivity contribution in [3.63, 3.8) is 0 Å². The first-order valence-corrected chi connectivity index (χ1v) is 6.59. The molecule has 0 heterocycles. The van der Waals surface area contributed by atoms with Gasteiger partial charge < -0.3 is 14.7 Å². The fourth-order valence-electron chi connectivity index (χ4n) is 2.32. The number of phenols is 1. The quantitative estimate of drug-likeness (QED) is 0.809. The lowest BCUT2D eigenvalue weighted by molar-refractivity contribution is 0.178. The van der Waals surface area contributed by atoms with Gasteiger partial charge >= 0.3 is 0 Å². The molecule has 0 saturated heterocycles. The molecule has 0 aromatic heterocycles.